The molecule has 27 heavy (non-hydrogen) atoms. The minimum atomic E-state index is -1.07. The van der Waals surface area contributed by atoms with Crippen molar-refractivity contribution < 1.29 is 19.6 Å². The first-order valence-corrected chi connectivity index (χ1v) is 8.50. The molecule has 8 heteroatoms. The van der Waals surface area contributed by atoms with Gasteiger partial charge >= 0.3 is 5.97 Å². The molecule has 2 rings (SSSR count). The van der Waals surface area contributed by atoms with Gasteiger partial charge in [0.25, 0.3) is 5.69 Å². The van der Waals surface area contributed by atoms with Gasteiger partial charge in [0.05, 0.1) is 4.92 Å². The van der Waals surface area contributed by atoms with Crippen LogP contribution in [-0.4, -0.2) is 34.5 Å². The first-order chi connectivity index (χ1) is 13.0. The molecule has 0 bridgehead atoms. The molecule has 0 aliphatic heterocycles. The second-order valence-electron chi connectivity index (χ2n) is 5.98. The highest BCUT2D eigenvalue weighted by Crippen LogP contribution is 2.15. The van der Waals surface area contributed by atoms with Gasteiger partial charge in [-0.05, 0) is 24.1 Å². The molecule has 3 N–H and O–H groups in total. The highest BCUT2D eigenvalue weighted by Gasteiger charge is 2.20. The third kappa shape index (κ3) is 6.77. The van der Waals surface area contributed by atoms with Gasteiger partial charge < -0.3 is 15.7 Å². The topological polar surface area (TPSA) is 122 Å². The third-order valence-electron chi connectivity index (χ3n) is 3.90. The molecule has 0 aliphatic carbocycles. The number of nitro benzene ring substituents is 1. The number of amides is 1. The fourth-order valence-corrected chi connectivity index (χ4v) is 2.50. The molecule has 142 valence electrons. The number of carbonyl (C=O) groups is 2. The molecule has 0 heterocycles. The van der Waals surface area contributed by atoms with Gasteiger partial charge in [-0.3, -0.25) is 14.9 Å². The fourth-order valence-electron chi connectivity index (χ4n) is 2.50. The van der Waals surface area contributed by atoms with Crippen LogP contribution < -0.4 is 10.6 Å². The van der Waals surface area contributed by atoms with E-state index >= 15 is 0 Å². The molecule has 2 aromatic rings. The lowest BCUT2D eigenvalue weighted by Gasteiger charge is -2.15. The minimum absolute atomic E-state index is 0.0121. The van der Waals surface area contributed by atoms with E-state index in [9.17, 15) is 24.8 Å². The van der Waals surface area contributed by atoms with Crippen molar-refractivity contribution in [2.45, 2.75) is 25.3 Å². The average molecular weight is 371 g/mol. The first-order valence-electron chi connectivity index (χ1n) is 8.50. The van der Waals surface area contributed by atoms with Crippen LogP contribution >= 0.6 is 0 Å². The Morgan fingerprint density at radius 1 is 1.07 bits per heavy atom. The standard InChI is InChI=1S/C19H21N3O5/c23-18(21-17(19(24)25)13-14-5-2-1-3-6-14)7-4-12-20-15-8-10-16(11-9-15)22(26)27/h1-3,5-6,8-11,17,20H,4,7,12-13H2,(H,21,23)(H,24,25). The lowest BCUT2D eigenvalue weighted by Crippen LogP contribution is -2.42. The number of hydrogen-bond donors (Lipinski definition) is 3. The summed E-state index contributed by atoms with van der Waals surface area (Å²) in [6.45, 7) is 0.488. The summed E-state index contributed by atoms with van der Waals surface area (Å²) in [5.41, 5.74) is 1.57. The molecular formula is C19H21N3O5. The molecule has 0 spiro atoms. The number of anilines is 1. The fraction of sp³-hybridized carbons (Fsp3) is 0.263. The average Bonchev–Trinajstić information content (AvgIpc) is 2.66. The Hall–Kier alpha value is -3.42. The largest absolute Gasteiger partial charge is 0.480 e. The van der Waals surface area contributed by atoms with Gasteiger partial charge in [-0.2, -0.15) is 0 Å². The number of carbonyl (C=O) groups excluding carboxylic acids is 1. The van der Waals surface area contributed by atoms with Crippen molar-refractivity contribution in [2.24, 2.45) is 0 Å². The van der Waals surface area contributed by atoms with Crippen molar-refractivity contribution in [3.05, 3.63) is 70.3 Å². The smallest absolute Gasteiger partial charge is 0.326 e. The Balaban J connectivity index is 1.74. The molecule has 0 aromatic heterocycles. The zero-order chi connectivity index (χ0) is 19.6. The van der Waals surface area contributed by atoms with E-state index in [0.29, 0.717) is 18.7 Å². The number of rotatable bonds is 10. The summed E-state index contributed by atoms with van der Waals surface area (Å²) in [5, 5.41) is 25.5. The van der Waals surface area contributed by atoms with Crippen LogP contribution in [0.2, 0.25) is 0 Å². The maximum Gasteiger partial charge on any atom is 0.326 e. The maximum atomic E-state index is 12.0. The van der Waals surface area contributed by atoms with Crippen LogP contribution in [0.4, 0.5) is 11.4 Å². The van der Waals surface area contributed by atoms with Crippen LogP contribution in [0.1, 0.15) is 18.4 Å². The van der Waals surface area contributed by atoms with Crippen molar-refractivity contribution in [2.75, 3.05) is 11.9 Å². The Bertz CT molecular complexity index is 778. The van der Waals surface area contributed by atoms with E-state index in [-0.39, 0.29) is 24.4 Å². The molecule has 0 saturated carbocycles. The van der Waals surface area contributed by atoms with Crippen LogP contribution in [0.3, 0.4) is 0 Å². The molecule has 1 unspecified atom stereocenters. The van der Waals surface area contributed by atoms with Gasteiger partial charge in [0, 0.05) is 37.2 Å². The Morgan fingerprint density at radius 3 is 2.33 bits per heavy atom. The number of non-ortho nitro benzene ring substituents is 1. The van der Waals surface area contributed by atoms with Crippen LogP contribution in [0.25, 0.3) is 0 Å². The van der Waals surface area contributed by atoms with Crippen LogP contribution in [0.15, 0.2) is 54.6 Å². The number of carboxylic acid groups (broad SMARTS) is 1. The number of aliphatic carboxylic acids is 1. The summed E-state index contributed by atoms with van der Waals surface area (Å²) in [6, 6.07) is 14.1. The van der Waals surface area contributed by atoms with Gasteiger partial charge in [-0.25, -0.2) is 4.79 Å². The zero-order valence-electron chi connectivity index (χ0n) is 14.6. The van der Waals surface area contributed by atoms with E-state index in [1.165, 1.54) is 12.1 Å². The van der Waals surface area contributed by atoms with Crippen molar-refractivity contribution in [3.63, 3.8) is 0 Å². The quantitative estimate of drug-likeness (QED) is 0.335. The third-order valence-corrected chi connectivity index (χ3v) is 3.90. The highest BCUT2D eigenvalue weighted by molar-refractivity contribution is 5.83. The summed E-state index contributed by atoms with van der Waals surface area (Å²) in [6.07, 6.45) is 0.905. The van der Waals surface area contributed by atoms with E-state index in [2.05, 4.69) is 10.6 Å². The predicted octanol–water partition coefficient (Wildman–Crippen LogP) is 2.60. The van der Waals surface area contributed by atoms with E-state index in [1.807, 2.05) is 30.3 Å². The summed E-state index contributed by atoms with van der Waals surface area (Å²) in [5.74, 6) is -1.40. The van der Waals surface area contributed by atoms with E-state index in [1.54, 1.807) is 12.1 Å². The molecular weight excluding hydrogens is 350 g/mol. The molecule has 0 saturated heterocycles. The number of carboxylic acids is 1. The predicted molar refractivity (Wildman–Crippen MR) is 101 cm³/mol. The van der Waals surface area contributed by atoms with Gasteiger partial charge in [-0.1, -0.05) is 30.3 Å². The van der Waals surface area contributed by atoms with Gasteiger partial charge in [0.2, 0.25) is 5.91 Å². The molecule has 1 amide bonds. The second kappa shape index (κ2) is 9.91. The lowest BCUT2D eigenvalue weighted by atomic mass is 10.1. The normalized spacial score (nSPS) is 11.4. The summed E-state index contributed by atoms with van der Waals surface area (Å²) >= 11 is 0. The molecule has 0 fully saturated rings. The highest BCUT2D eigenvalue weighted by atomic mass is 16.6. The minimum Gasteiger partial charge on any atom is -0.480 e. The van der Waals surface area contributed by atoms with Crippen molar-refractivity contribution in [1.82, 2.24) is 5.32 Å². The van der Waals surface area contributed by atoms with Gasteiger partial charge in [0.1, 0.15) is 6.04 Å². The Kier molecular flexibility index (Phi) is 7.30. The Labute approximate surface area is 156 Å². The van der Waals surface area contributed by atoms with Crippen molar-refractivity contribution >= 4 is 23.3 Å². The molecule has 0 radical (unpaired) electrons. The zero-order valence-corrected chi connectivity index (χ0v) is 14.6. The number of hydrogen-bond acceptors (Lipinski definition) is 5. The lowest BCUT2D eigenvalue weighted by molar-refractivity contribution is -0.384. The molecule has 8 nitrogen and oxygen atoms in total. The van der Waals surface area contributed by atoms with Gasteiger partial charge in [-0.15, -0.1) is 0 Å². The molecule has 0 aliphatic rings. The molecule has 2 aromatic carbocycles. The number of nitrogens with one attached hydrogen (secondary N) is 2. The van der Waals surface area contributed by atoms with E-state index < -0.39 is 16.9 Å². The van der Waals surface area contributed by atoms with E-state index in [4.69, 9.17) is 0 Å². The number of nitrogens with zero attached hydrogens (tertiary/aromatic N) is 1. The maximum absolute atomic E-state index is 12.0. The van der Waals surface area contributed by atoms with Gasteiger partial charge in [0.15, 0.2) is 0 Å². The van der Waals surface area contributed by atoms with E-state index in [0.717, 1.165) is 5.56 Å². The van der Waals surface area contributed by atoms with Crippen molar-refractivity contribution in [3.8, 4) is 0 Å². The first kappa shape index (κ1) is 19.9. The monoisotopic (exact) mass is 371 g/mol. The second-order valence-corrected chi connectivity index (χ2v) is 5.98. The number of nitro groups is 1. The molecule has 1 atom stereocenters. The van der Waals surface area contributed by atoms with Crippen LogP contribution in [0, 0.1) is 10.1 Å². The summed E-state index contributed by atoms with van der Waals surface area (Å²) < 4.78 is 0. The SMILES string of the molecule is O=C(CCCNc1ccc([N+](=O)[O-])cc1)NC(Cc1ccccc1)C(=O)O. The number of benzene rings is 2. The van der Waals surface area contributed by atoms with Crippen LogP contribution in [0.5, 0.6) is 0 Å². The van der Waals surface area contributed by atoms with Crippen molar-refractivity contribution in [1.29, 1.82) is 0 Å². The van der Waals surface area contributed by atoms with Crippen LogP contribution in [-0.2, 0) is 16.0 Å². The summed E-state index contributed by atoms with van der Waals surface area (Å²) in [4.78, 5) is 33.5. The summed E-state index contributed by atoms with van der Waals surface area (Å²) in [7, 11) is 0. The Morgan fingerprint density at radius 2 is 1.74 bits per heavy atom.